The second-order valence-corrected chi connectivity index (χ2v) is 4.82. The molecule has 3 nitrogen and oxygen atoms in total. The summed E-state index contributed by atoms with van der Waals surface area (Å²) in [6.45, 7) is 5.16. The maximum absolute atomic E-state index is 4.55. The van der Waals surface area contributed by atoms with E-state index in [2.05, 4.69) is 53.4 Å². The molecule has 0 saturated heterocycles. The lowest BCUT2D eigenvalue weighted by Gasteiger charge is -2.10. The number of nitrogens with zero attached hydrogens (tertiary/aromatic N) is 2. The zero-order chi connectivity index (χ0) is 13.7. The fraction of sp³-hybridized carbons (Fsp3) is 0.375. The van der Waals surface area contributed by atoms with Crippen LogP contribution in [0, 0.1) is 0 Å². The van der Waals surface area contributed by atoms with Crippen LogP contribution in [0.15, 0.2) is 36.5 Å². The first kappa shape index (κ1) is 13.7. The van der Waals surface area contributed by atoms with Crippen molar-refractivity contribution >= 4 is 0 Å². The first-order valence-corrected chi connectivity index (χ1v) is 6.81. The molecule has 0 spiro atoms. The van der Waals surface area contributed by atoms with Gasteiger partial charge in [-0.15, -0.1) is 0 Å². The summed E-state index contributed by atoms with van der Waals surface area (Å²) in [4.78, 5) is 8.79. The van der Waals surface area contributed by atoms with Crippen LogP contribution in [0.4, 0.5) is 0 Å². The SMILES string of the molecule is CCC(C)c1ccc(-c2ccnc(CNC)n2)cc1. The second kappa shape index (κ2) is 6.43. The zero-order valence-corrected chi connectivity index (χ0v) is 11.9. The Morgan fingerprint density at radius 1 is 1.16 bits per heavy atom. The molecule has 1 N–H and O–H groups in total. The molecule has 19 heavy (non-hydrogen) atoms. The Morgan fingerprint density at radius 2 is 1.89 bits per heavy atom. The zero-order valence-electron chi connectivity index (χ0n) is 11.9. The van der Waals surface area contributed by atoms with E-state index in [1.54, 1.807) is 0 Å². The highest BCUT2D eigenvalue weighted by Gasteiger charge is 2.05. The number of hydrogen-bond donors (Lipinski definition) is 1. The molecule has 0 radical (unpaired) electrons. The summed E-state index contributed by atoms with van der Waals surface area (Å²) < 4.78 is 0. The molecule has 1 aromatic carbocycles. The highest BCUT2D eigenvalue weighted by Crippen LogP contribution is 2.22. The van der Waals surface area contributed by atoms with Gasteiger partial charge in [-0.2, -0.15) is 0 Å². The monoisotopic (exact) mass is 255 g/mol. The molecule has 0 fully saturated rings. The van der Waals surface area contributed by atoms with Crippen molar-refractivity contribution in [2.24, 2.45) is 0 Å². The van der Waals surface area contributed by atoms with E-state index in [4.69, 9.17) is 0 Å². The van der Waals surface area contributed by atoms with Crippen molar-refractivity contribution in [1.29, 1.82) is 0 Å². The van der Waals surface area contributed by atoms with E-state index in [0.29, 0.717) is 12.5 Å². The van der Waals surface area contributed by atoms with Crippen molar-refractivity contribution in [1.82, 2.24) is 15.3 Å². The average molecular weight is 255 g/mol. The van der Waals surface area contributed by atoms with Gasteiger partial charge in [-0.1, -0.05) is 38.1 Å². The molecule has 0 aliphatic carbocycles. The lowest BCUT2D eigenvalue weighted by atomic mass is 9.97. The predicted molar refractivity (Wildman–Crippen MR) is 78.9 cm³/mol. The molecule has 0 amide bonds. The van der Waals surface area contributed by atoms with Crippen molar-refractivity contribution in [3.8, 4) is 11.3 Å². The van der Waals surface area contributed by atoms with Crippen molar-refractivity contribution < 1.29 is 0 Å². The van der Waals surface area contributed by atoms with Gasteiger partial charge in [0, 0.05) is 11.8 Å². The molecule has 0 saturated carbocycles. The molecule has 0 aliphatic heterocycles. The van der Waals surface area contributed by atoms with Gasteiger partial charge in [-0.05, 0) is 31.0 Å². The molecular formula is C16H21N3. The summed E-state index contributed by atoms with van der Waals surface area (Å²) in [5.41, 5.74) is 3.51. The summed E-state index contributed by atoms with van der Waals surface area (Å²) >= 11 is 0. The van der Waals surface area contributed by atoms with Gasteiger partial charge in [0.1, 0.15) is 5.82 Å². The highest BCUT2D eigenvalue weighted by atomic mass is 14.9. The molecule has 1 aromatic heterocycles. The summed E-state index contributed by atoms with van der Waals surface area (Å²) in [6.07, 6.45) is 2.98. The number of aromatic nitrogens is 2. The third-order valence-electron chi connectivity index (χ3n) is 3.43. The summed E-state index contributed by atoms with van der Waals surface area (Å²) in [6, 6.07) is 10.6. The van der Waals surface area contributed by atoms with E-state index >= 15 is 0 Å². The minimum Gasteiger partial charge on any atom is -0.313 e. The summed E-state index contributed by atoms with van der Waals surface area (Å²) in [5, 5.41) is 3.07. The van der Waals surface area contributed by atoms with Gasteiger partial charge < -0.3 is 5.32 Å². The van der Waals surface area contributed by atoms with E-state index in [9.17, 15) is 0 Å². The maximum atomic E-state index is 4.55. The van der Waals surface area contributed by atoms with Crippen LogP contribution in [-0.4, -0.2) is 17.0 Å². The normalized spacial score (nSPS) is 12.4. The van der Waals surface area contributed by atoms with Crippen LogP contribution in [0.5, 0.6) is 0 Å². The third kappa shape index (κ3) is 3.38. The van der Waals surface area contributed by atoms with Crippen LogP contribution in [0.2, 0.25) is 0 Å². The van der Waals surface area contributed by atoms with Gasteiger partial charge >= 0.3 is 0 Å². The molecule has 0 bridgehead atoms. The fourth-order valence-electron chi connectivity index (χ4n) is 2.02. The molecule has 3 heteroatoms. The third-order valence-corrected chi connectivity index (χ3v) is 3.43. The van der Waals surface area contributed by atoms with Crippen LogP contribution < -0.4 is 5.32 Å². The highest BCUT2D eigenvalue weighted by molar-refractivity contribution is 5.59. The van der Waals surface area contributed by atoms with Gasteiger partial charge in [-0.25, -0.2) is 9.97 Å². The Bertz CT molecular complexity index is 520. The van der Waals surface area contributed by atoms with Crippen molar-refractivity contribution in [3.63, 3.8) is 0 Å². The van der Waals surface area contributed by atoms with Gasteiger partial charge in [0.15, 0.2) is 0 Å². The minimum absolute atomic E-state index is 0.610. The molecule has 1 atom stereocenters. The van der Waals surface area contributed by atoms with Gasteiger partial charge in [0.2, 0.25) is 0 Å². The van der Waals surface area contributed by atoms with E-state index in [-0.39, 0.29) is 0 Å². The van der Waals surface area contributed by atoms with E-state index < -0.39 is 0 Å². The molecule has 1 heterocycles. The smallest absolute Gasteiger partial charge is 0.142 e. The van der Waals surface area contributed by atoms with Crippen molar-refractivity contribution in [2.45, 2.75) is 32.7 Å². The van der Waals surface area contributed by atoms with Crippen LogP contribution in [0.3, 0.4) is 0 Å². The van der Waals surface area contributed by atoms with E-state index in [1.165, 1.54) is 12.0 Å². The Hall–Kier alpha value is -1.74. The minimum atomic E-state index is 0.610. The lowest BCUT2D eigenvalue weighted by molar-refractivity contribution is 0.733. The molecule has 1 unspecified atom stereocenters. The Kier molecular flexibility index (Phi) is 4.63. The second-order valence-electron chi connectivity index (χ2n) is 4.82. The standard InChI is InChI=1S/C16H21N3/c1-4-12(2)13-5-7-14(8-6-13)15-9-10-18-16(19-15)11-17-3/h5-10,12,17H,4,11H2,1-3H3. The molecular weight excluding hydrogens is 234 g/mol. The van der Waals surface area contributed by atoms with E-state index in [0.717, 1.165) is 17.1 Å². The van der Waals surface area contributed by atoms with Crippen LogP contribution >= 0.6 is 0 Å². The Balaban J connectivity index is 2.24. The Labute approximate surface area is 115 Å². The van der Waals surface area contributed by atoms with Gasteiger partial charge in [0.05, 0.1) is 12.2 Å². The first-order chi connectivity index (χ1) is 9.24. The van der Waals surface area contributed by atoms with Crippen LogP contribution in [-0.2, 0) is 6.54 Å². The largest absolute Gasteiger partial charge is 0.313 e. The quantitative estimate of drug-likeness (QED) is 0.890. The number of hydrogen-bond acceptors (Lipinski definition) is 3. The van der Waals surface area contributed by atoms with Gasteiger partial charge in [0.25, 0.3) is 0 Å². The van der Waals surface area contributed by atoms with Crippen LogP contribution in [0.25, 0.3) is 11.3 Å². The molecule has 2 aromatic rings. The fourth-order valence-corrected chi connectivity index (χ4v) is 2.02. The Morgan fingerprint density at radius 3 is 2.53 bits per heavy atom. The average Bonchev–Trinajstić information content (AvgIpc) is 2.47. The maximum Gasteiger partial charge on any atom is 0.142 e. The molecule has 0 aliphatic rings. The molecule has 100 valence electrons. The van der Waals surface area contributed by atoms with Crippen LogP contribution in [0.1, 0.15) is 37.6 Å². The number of rotatable bonds is 5. The van der Waals surface area contributed by atoms with Crippen molar-refractivity contribution in [3.05, 3.63) is 47.9 Å². The predicted octanol–water partition coefficient (Wildman–Crippen LogP) is 3.38. The van der Waals surface area contributed by atoms with E-state index in [1.807, 2.05) is 19.3 Å². The number of nitrogens with one attached hydrogen (secondary N) is 1. The van der Waals surface area contributed by atoms with Gasteiger partial charge in [-0.3, -0.25) is 0 Å². The van der Waals surface area contributed by atoms with Crippen molar-refractivity contribution in [2.75, 3.05) is 7.05 Å². The first-order valence-electron chi connectivity index (χ1n) is 6.81. The topological polar surface area (TPSA) is 37.8 Å². The number of benzene rings is 1. The molecule has 2 rings (SSSR count). The lowest BCUT2D eigenvalue weighted by Crippen LogP contribution is -2.09. The summed E-state index contributed by atoms with van der Waals surface area (Å²) in [7, 11) is 1.90. The summed E-state index contributed by atoms with van der Waals surface area (Å²) in [5.74, 6) is 1.44.